The number of carboxylic acid groups (broad SMARTS) is 1. The number of alkyl halides is 1. The van der Waals surface area contributed by atoms with Crippen LogP contribution >= 0.6 is 35.0 Å². The number of carbonyl (C=O) groups excluding carboxylic acids is 2. The van der Waals surface area contributed by atoms with Crippen molar-refractivity contribution < 1.29 is 29.2 Å². The standard InChI is InChI=1S/C30H25Cl2N3O7S/c1-28(2)30(26(37)38,34-23(36)22(24(34)43-28)17-18-13-15-20(16-14-18)35(40)41)33-25(31)29(32,19-9-5-3-6-10-19)27(39)42-21-11-7-4-8-12-21/h3-16,22,24H,17H2,1-2H3,(H,37,38)/t22-,24-,29?,30+/m1/s1. The summed E-state index contributed by atoms with van der Waals surface area (Å²) in [6.07, 6.45) is 0.237. The van der Waals surface area contributed by atoms with Crippen LogP contribution in [0.5, 0.6) is 5.75 Å². The maximum absolute atomic E-state index is 13.6. The Kier molecular flexibility index (Phi) is 8.02. The molecule has 222 valence electrons. The Morgan fingerprint density at radius 2 is 1.65 bits per heavy atom. The van der Waals surface area contributed by atoms with E-state index in [0.29, 0.717) is 5.56 Å². The van der Waals surface area contributed by atoms with Crippen molar-refractivity contribution in [3.8, 4) is 5.75 Å². The van der Waals surface area contributed by atoms with Crippen molar-refractivity contribution in [2.24, 2.45) is 10.9 Å². The minimum atomic E-state index is -2.24. The molecular formula is C30H25Cl2N3O7S. The Morgan fingerprint density at radius 1 is 1.07 bits per heavy atom. The fourth-order valence-electron chi connectivity index (χ4n) is 5.34. The first-order chi connectivity index (χ1) is 20.3. The number of nitrogens with zero attached hydrogens (tertiary/aromatic N) is 3. The van der Waals surface area contributed by atoms with E-state index in [-0.39, 0.29) is 23.4 Å². The van der Waals surface area contributed by atoms with Gasteiger partial charge < -0.3 is 9.84 Å². The zero-order valence-corrected chi connectivity index (χ0v) is 25.2. The SMILES string of the molecule is CC1(C)S[C@@H]2[C@H](Cc3ccc([N+](=O)[O-])cc3)C(=O)N2[C@@]1(N=C(Cl)C(Cl)(C(=O)Oc1ccccc1)c1ccccc1)C(=O)O. The highest BCUT2D eigenvalue weighted by molar-refractivity contribution is 8.01. The molecule has 2 saturated heterocycles. The predicted molar refractivity (Wildman–Crippen MR) is 162 cm³/mol. The van der Waals surface area contributed by atoms with Gasteiger partial charge in [0.2, 0.25) is 16.4 Å². The van der Waals surface area contributed by atoms with E-state index < -0.39 is 54.5 Å². The maximum Gasteiger partial charge on any atom is 0.354 e. The first kappa shape index (κ1) is 30.5. The number of benzene rings is 3. The van der Waals surface area contributed by atoms with E-state index in [0.717, 1.165) is 0 Å². The summed E-state index contributed by atoms with van der Waals surface area (Å²) < 4.78 is 4.32. The van der Waals surface area contributed by atoms with Crippen molar-refractivity contribution in [3.63, 3.8) is 0 Å². The second-order valence-corrected chi connectivity index (χ2v) is 13.2. The molecule has 0 saturated carbocycles. The molecule has 3 aromatic rings. The molecule has 2 heterocycles. The molecule has 2 aliphatic heterocycles. The number of ether oxygens (including phenoxy) is 1. The lowest BCUT2D eigenvalue weighted by atomic mass is 9.83. The molecular weight excluding hydrogens is 617 g/mol. The number of hydrogen-bond acceptors (Lipinski definition) is 8. The highest BCUT2D eigenvalue weighted by atomic mass is 35.5. The van der Waals surface area contributed by atoms with Gasteiger partial charge in [-0.15, -0.1) is 11.8 Å². The number of non-ortho nitro benzene ring substituents is 1. The Bertz CT molecular complexity index is 1620. The third-order valence-corrected chi connectivity index (χ3v) is 10.3. The van der Waals surface area contributed by atoms with E-state index >= 15 is 0 Å². The van der Waals surface area contributed by atoms with Crippen LogP contribution < -0.4 is 4.74 Å². The number of para-hydroxylation sites is 1. The number of aliphatic imine (C=N–C) groups is 1. The Morgan fingerprint density at radius 3 is 2.21 bits per heavy atom. The molecule has 13 heteroatoms. The minimum Gasteiger partial charge on any atom is -0.478 e. The van der Waals surface area contributed by atoms with E-state index in [2.05, 4.69) is 4.99 Å². The molecule has 1 N–H and O–H groups in total. The highest BCUT2D eigenvalue weighted by Gasteiger charge is 2.73. The predicted octanol–water partition coefficient (Wildman–Crippen LogP) is 5.61. The molecule has 5 rings (SSSR count). The van der Waals surface area contributed by atoms with Gasteiger partial charge in [0.1, 0.15) is 10.9 Å². The van der Waals surface area contributed by atoms with Crippen LogP contribution in [0.1, 0.15) is 25.0 Å². The largest absolute Gasteiger partial charge is 0.478 e. The highest BCUT2D eigenvalue weighted by Crippen LogP contribution is 2.60. The smallest absolute Gasteiger partial charge is 0.354 e. The second-order valence-electron chi connectivity index (χ2n) is 10.6. The number of carbonyl (C=O) groups is 3. The van der Waals surface area contributed by atoms with Gasteiger partial charge in [0.05, 0.1) is 21.0 Å². The lowest BCUT2D eigenvalue weighted by Gasteiger charge is -2.48. The van der Waals surface area contributed by atoms with Crippen LogP contribution in [0.3, 0.4) is 0 Å². The molecule has 0 aliphatic carbocycles. The number of amides is 1. The molecule has 0 aromatic heterocycles. The molecule has 2 fully saturated rings. The number of nitro benzene ring substituents is 1. The number of halogens is 2. The van der Waals surface area contributed by atoms with Crippen molar-refractivity contribution in [2.75, 3.05) is 0 Å². The summed E-state index contributed by atoms with van der Waals surface area (Å²) in [5, 5.41) is 20.5. The molecule has 43 heavy (non-hydrogen) atoms. The minimum absolute atomic E-state index is 0.0793. The summed E-state index contributed by atoms with van der Waals surface area (Å²) in [5.74, 6) is -3.36. The summed E-state index contributed by atoms with van der Waals surface area (Å²) in [6, 6.07) is 22.1. The molecule has 4 atom stereocenters. The Labute approximate surface area is 260 Å². The number of thioether (sulfide) groups is 1. The third-order valence-electron chi connectivity index (χ3n) is 7.61. The zero-order chi connectivity index (χ0) is 31.2. The number of hydrogen-bond donors (Lipinski definition) is 1. The van der Waals surface area contributed by atoms with Crippen LogP contribution in [0.25, 0.3) is 0 Å². The summed E-state index contributed by atoms with van der Waals surface area (Å²) in [4.78, 5) is 54.2. The van der Waals surface area contributed by atoms with E-state index in [4.69, 9.17) is 27.9 Å². The molecule has 0 bridgehead atoms. The fraction of sp³-hybridized carbons (Fsp3) is 0.267. The van der Waals surface area contributed by atoms with Gasteiger partial charge in [-0.2, -0.15) is 0 Å². The normalized spacial score (nSPS) is 24.0. The van der Waals surface area contributed by atoms with E-state index in [9.17, 15) is 29.6 Å². The van der Waals surface area contributed by atoms with Gasteiger partial charge >= 0.3 is 11.9 Å². The molecule has 1 unspecified atom stereocenters. The van der Waals surface area contributed by atoms with Gasteiger partial charge in [0.15, 0.2) is 0 Å². The number of fused-ring (bicyclic) bond motifs is 1. The first-order valence-corrected chi connectivity index (χ1v) is 14.7. The number of β-lactam (4-membered cyclic amide) rings is 1. The van der Waals surface area contributed by atoms with Gasteiger partial charge in [-0.25, -0.2) is 14.6 Å². The van der Waals surface area contributed by atoms with Gasteiger partial charge in [-0.3, -0.25) is 19.8 Å². The first-order valence-electron chi connectivity index (χ1n) is 13.1. The number of aliphatic carboxylic acids is 1. The second kappa shape index (κ2) is 11.3. The summed E-state index contributed by atoms with van der Waals surface area (Å²) in [5.41, 5.74) is -1.42. The number of rotatable bonds is 9. The summed E-state index contributed by atoms with van der Waals surface area (Å²) >= 11 is 15.0. The van der Waals surface area contributed by atoms with E-state index in [1.165, 1.54) is 40.9 Å². The van der Waals surface area contributed by atoms with Crippen LogP contribution in [0.4, 0.5) is 5.69 Å². The molecule has 0 spiro atoms. The fourth-order valence-corrected chi connectivity index (χ4v) is 7.60. The van der Waals surface area contributed by atoms with E-state index in [1.807, 2.05) is 0 Å². The molecule has 1 amide bonds. The van der Waals surface area contributed by atoms with Crippen LogP contribution in [0, 0.1) is 16.0 Å². The molecule has 10 nitrogen and oxygen atoms in total. The van der Waals surface area contributed by atoms with Crippen molar-refractivity contribution in [1.29, 1.82) is 0 Å². The summed E-state index contributed by atoms with van der Waals surface area (Å²) in [7, 11) is 0. The van der Waals surface area contributed by atoms with E-state index in [1.54, 1.807) is 74.5 Å². The summed E-state index contributed by atoms with van der Waals surface area (Å²) in [6.45, 7) is 3.27. The average Bonchev–Trinajstić information content (AvgIpc) is 3.20. The van der Waals surface area contributed by atoms with Gasteiger partial charge in [0, 0.05) is 12.1 Å². The van der Waals surface area contributed by atoms with Crippen molar-refractivity contribution in [3.05, 3.63) is 106 Å². The van der Waals surface area contributed by atoms with Crippen LogP contribution in [-0.4, -0.2) is 53.7 Å². The molecule has 2 aliphatic rings. The van der Waals surface area contributed by atoms with Gasteiger partial charge in [0.25, 0.3) is 5.69 Å². The molecule has 0 radical (unpaired) electrons. The topological polar surface area (TPSA) is 139 Å². The van der Waals surface area contributed by atoms with Crippen molar-refractivity contribution in [2.45, 2.75) is 40.9 Å². The lowest BCUT2D eigenvalue weighted by molar-refractivity contribution is -0.384. The quantitative estimate of drug-likeness (QED) is 0.0605. The average molecular weight is 643 g/mol. The lowest BCUT2D eigenvalue weighted by Crippen LogP contribution is -2.70. The van der Waals surface area contributed by atoms with Crippen LogP contribution in [0.15, 0.2) is 89.9 Å². The Hall–Kier alpha value is -3.93. The monoisotopic (exact) mass is 641 g/mol. The maximum atomic E-state index is 13.6. The number of esters is 1. The Balaban J connectivity index is 1.53. The zero-order valence-electron chi connectivity index (χ0n) is 22.8. The van der Waals surface area contributed by atoms with Crippen LogP contribution in [0.2, 0.25) is 0 Å². The number of nitro groups is 1. The van der Waals surface area contributed by atoms with Crippen molar-refractivity contribution >= 4 is 63.7 Å². The van der Waals surface area contributed by atoms with Crippen LogP contribution in [-0.2, 0) is 25.7 Å². The number of carboxylic acids is 1. The molecule has 3 aromatic carbocycles. The van der Waals surface area contributed by atoms with Gasteiger partial charge in [-0.1, -0.05) is 83.9 Å². The van der Waals surface area contributed by atoms with Crippen molar-refractivity contribution in [1.82, 2.24) is 4.90 Å². The van der Waals surface area contributed by atoms with Gasteiger partial charge in [-0.05, 0) is 43.5 Å². The third kappa shape index (κ3) is 5.05.